The lowest BCUT2D eigenvalue weighted by molar-refractivity contribution is -0.213. The summed E-state index contributed by atoms with van der Waals surface area (Å²) in [5.41, 5.74) is 0.364. The van der Waals surface area contributed by atoms with Crippen molar-refractivity contribution >= 4 is 48.5 Å². The van der Waals surface area contributed by atoms with Gasteiger partial charge in [-0.05, 0) is 180 Å². The van der Waals surface area contributed by atoms with Crippen molar-refractivity contribution in [3.05, 3.63) is 144 Å². The molecule has 77 heavy (non-hydrogen) atoms. The van der Waals surface area contributed by atoms with Crippen molar-refractivity contribution < 1.29 is 96.4 Å². The minimum Gasteiger partial charge on any atom is -0.428 e. The Labute approximate surface area is 443 Å². The monoisotopic (exact) mass is 1060 g/mol. The Bertz CT molecular complexity index is 2230. The Kier molecular flexibility index (Phi) is 19.4. The SMILES string of the molecule is O=C(OOC(=O)c1ccccc1)OC1CCC(C(C2CCC(OC(=O)OOC(=O)c3ccccc3)CC2)(C2CCC(OC(=O)OOC(=O)c3ccccc3)CC2)C2CCC(OC(=O)OOC(=O)c3ccccc3)CC2)CC1. The van der Waals surface area contributed by atoms with Crippen LogP contribution in [0.2, 0.25) is 0 Å². The molecule has 0 saturated heterocycles. The maximum atomic E-state index is 12.9. The van der Waals surface area contributed by atoms with Crippen molar-refractivity contribution in [2.45, 2.75) is 127 Å². The van der Waals surface area contributed by atoms with Crippen molar-refractivity contribution in [2.24, 2.45) is 29.1 Å². The van der Waals surface area contributed by atoms with Crippen LogP contribution in [0.1, 0.15) is 144 Å². The molecule has 0 aromatic heterocycles. The molecule has 0 atom stereocenters. The second kappa shape index (κ2) is 27.1. The molecule has 4 aromatic rings. The summed E-state index contributed by atoms with van der Waals surface area (Å²) in [4.78, 5) is 140. The van der Waals surface area contributed by atoms with E-state index in [4.69, 9.17) is 58.0 Å². The first-order valence-electron chi connectivity index (χ1n) is 26.0. The standard InChI is InChI=1S/C57H60O20/c58-49(37-13-5-1-6-14-37)70-74-53(62)66-45-29-21-41(22-30-45)57(42-23-31-46(32-24-42)67-54(63)75-71-50(59)38-15-7-2-8-16-38,43-25-33-47(34-26-43)68-55(64)76-72-51(60)39-17-9-3-10-18-39)44-27-35-48(36-28-44)69-56(65)77-73-52(61)40-19-11-4-12-20-40/h1-20,41-48H,21-36H2. The highest BCUT2D eigenvalue weighted by Crippen LogP contribution is 2.63. The molecule has 0 N–H and O–H groups in total. The van der Waals surface area contributed by atoms with Gasteiger partial charge in [-0.2, -0.15) is 19.2 Å². The Morgan fingerprint density at radius 3 is 0.623 bits per heavy atom. The zero-order chi connectivity index (χ0) is 54.0. The highest BCUT2D eigenvalue weighted by Gasteiger charge is 2.57. The number of carbonyl (C=O) groups is 8. The van der Waals surface area contributed by atoms with E-state index >= 15 is 0 Å². The van der Waals surface area contributed by atoms with Gasteiger partial charge < -0.3 is 18.9 Å². The normalized spacial score (nSPS) is 23.8. The van der Waals surface area contributed by atoms with Gasteiger partial charge in [0.25, 0.3) is 0 Å². The second-order valence-corrected chi connectivity index (χ2v) is 19.6. The molecule has 0 spiro atoms. The van der Waals surface area contributed by atoms with E-state index in [0.717, 1.165) is 0 Å². The Hall–Kier alpha value is -8.16. The Morgan fingerprint density at radius 1 is 0.260 bits per heavy atom. The van der Waals surface area contributed by atoms with Gasteiger partial charge in [-0.3, -0.25) is 0 Å². The lowest BCUT2D eigenvalue weighted by atomic mass is 9.45. The van der Waals surface area contributed by atoms with Gasteiger partial charge in [-0.1, -0.05) is 72.8 Å². The minimum atomic E-state index is -1.14. The minimum absolute atomic E-state index is 0.0637. The zero-order valence-electron chi connectivity index (χ0n) is 42.1. The maximum absolute atomic E-state index is 12.9. The van der Waals surface area contributed by atoms with Crippen LogP contribution in [0.25, 0.3) is 0 Å². The second-order valence-electron chi connectivity index (χ2n) is 19.6. The molecule has 408 valence electrons. The van der Waals surface area contributed by atoms with Crippen LogP contribution >= 0.6 is 0 Å². The lowest BCUT2D eigenvalue weighted by Crippen LogP contribution is -2.54. The molecule has 20 heteroatoms. The largest absolute Gasteiger partial charge is 0.550 e. The van der Waals surface area contributed by atoms with Crippen LogP contribution in [0.4, 0.5) is 19.2 Å². The number of benzene rings is 4. The van der Waals surface area contributed by atoms with E-state index < -0.39 is 78.3 Å². The Morgan fingerprint density at radius 2 is 0.442 bits per heavy atom. The molecule has 4 saturated carbocycles. The molecule has 4 aromatic carbocycles. The molecule has 4 fully saturated rings. The van der Waals surface area contributed by atoms with Crippen LogP contribution in [0.5, 0.6) is 0 Å². The summed E-state index contributed by atoms with van der Waals surface area (Å²) in [6.45, 7) is 0. The fourth-order valence-corrected chi connectivity index (χ4v) is 12.1. The summed E-state index contributed by atoms with van der Waals surface area (Å²) in [6.07, 6.45) is 2.13. The van der Waals surface area contributed by atoms with E-state index in [-0.39, 0.29) is 45.9 Å². The van der Waals surface area contributed by atoms with Gasteiger partial charge in [-0.25, -0.2) is 58.3 Å². The fraction of sp³-hybridized carbons (Fsp3) is 0.439. The van der Waals surface area contributed by atoms with E-state index in [1.54, 1.807) is 72.8 Å². The van der Waals surface area contributed by atoms with Gasteiger partial charge in [-0.15, -0.1) is 0 Å². The highest BCUT2D eigenvalue weighted by molar-refractivity contribution is 5.90. The lowest BCUT2D eigenvalue weighted by Gasteiger charge is -2.60. The molecule has 0 heterocycles. The van der Waals surface area contributed by atoms with Crippen LogP contribution in [-0.2, 0) is 58.0 Å². The number of hydrogen-bond acceptors (Lipinski definition) is 20. The molecule has 4 aliphatic rings. The predicted molar refractivity (Wildman–Crippen MR) is 263 cm³/mol. The summed E-state index contributed by atoms with van der Waals surface area (Å²) in [6, 6.07) is 32.2. The first-order chi connectivity index (χ1) is 37.4. The number of rotatable bonds is 12. The van der Waals surface area contributed by atoms with Crippen LogP contribution < -0.4 is 0 Å². The van der Waals surface area contributed by atoms with Crippen molar-refractivity contribution in [3.8, 4) is 0 Å². The van der Waals surface area contributed by atoms with Crippen LogP contribution in [-0.4, -0.2) is 72.9 Å². The molecule has 4 aliphatic carbocycles. The molecule has 8 rings (SSSR count). The average molecular weight is 1070 g/mol. The summed E-state index contributed by atoms with van der Waals surface area (Å²) < 4.78 is 22.8. The van der Waals surface area contributed by atoms with Gasteiger partial charge >= 0.3 is 48.5 Å². The summed E-state index contributed by atoms with van der Waals surface area (Å²) >= 11 is 0. The van der Waals surface area contributed by atoms with Gasteiger partial charge in [0.1, 0.15) is 24.4 Å². The van der Waals surface area contributed by atoms with E-state index in [2.05, 4.69) is 0 Å². The number of carbonyl (C=O) groups excluding carboxylic acids is 8. The summed E-state index contributed by atoms with van der Waals surface area (Å²) in [5.74, 6) is -3.17. The van der Waals surface area contributed by atoms with Gasteiger partial charge in [0.05, 0.1) is 22.3 Å². The van der Waals surface area contributed by atoms with Gasteiger partial charge in [0, 0.05) is 0 Å². The van der Waals surface area contributed by atoms with Crippen LogP contribution in [0.3, 0.4) is 0 Å². The molecule has 0 aliphatic heterocycles. The van der Waals surface area contributed by atoms with Crippen molar-refractivity contribution in [3.63, 3.8) is 0 Å². The highest BCUT2D eigenvalue weighted by atomic mass is 17.3. The predicted octanol–water partition coefficient (Wildman–Crippen LogP) is 11.9. The smallest absolute Gasteiger partial charge is 0.428 e. The van der Waals surface area contributed by atoms with E-state index in [0.29, 0.717) is 103 Å². The van der Waals surface area contributed by atoms with Gasteiger partial charge in [0.2, 0.25) is 0 Å². The molecular weight excluding hydrogens is 1000 g/mol. The quantitative estimate of drug-likeness (QED) is 0.0553. The van der Waals surface area contributed by atoms with Crippen molar-refractivity contribution in [1.82, 2.24) is 0 Å². The van der Waals surface area contributed by atoms with Gasteiger partial charge in [0.15, 0.2) is 0 Å². The average Bonchev–Trinajstić information content (AvgIpc) is 3.47. The third-order valence-electron chi connectivity index (χ3n) is 15.4. The summed E-state index contributed by atoms with van der Waals surface area (Å²) in [7, 11) is 0. The molecule has 0 radical (unpaired) electrons. The molecule has 20 nitrogen and oxygen atoms in total. The van der Waals surface area contributed by atoms with Crippen molar-refractivity contribution in [1.29, 1.82) is 0 Å². The summed E-state index contributed by atoms with van der Waals surface area (Å²) in [5, 5.41) is 0. The molecule has 0 amide bonds. The molecular formula is C57H60O20. The zero-order valence-corrected chi connectivity index (χ0v) is 42.1. The van der Waals surface area contributed by atoms with E-state index in [1.165, 1.54) is 48.5 Å². The van der Waals surface area contributed by atoms with Crippen LogP contribution in [0.15, 0.2) is 121 Å². The van der Waals surface area contributed by atoms with Crippen molar-refractivity contribution in [2.75, 3.05) is 0 Å². The van der Waals surface area contributed by atoms with Crippen LogP contribution in [0, 0.1) is 29.1 Å². The first-order valence-corrected chi connectivity index (χ1v) is 26.0. The molecule has 0 unspecified atom stereocenters. The number of ether oxygens (including phenoxy) is 4. The first kappa shape index (κ1) is 55.1. The molecule has 0 bridgehead atoms. The Balaban J connectivity index is 0.968. The third-order valence-corrected chi connectivity index (χ3v) is 15.4. The number of hydrogen-bond donors (Lipinski definition) is 0. The third kappa shape index (κ3) is 15.0. The fourth-order valence-electron chi connectivity index (χ4n) is 12.1. The van der Waals surface area contributed by atoms with E-state index in [1.807, 2.05) is 0 Å². The maximum Gasteiger partial charge on any atom is 0.550 e. The van der Waals surface area contributed by atoms with E-state index in [9.17, 15) is 38.4 Å². The topological polar surface area (TPSA) is 247 Å².